The number of carbonyl (C=O) groups excluding carboxylic acids is 3. The van der Waals surface area contributed by atoms with Crippen LogP contribution in [-0.4, -0.2) is 91.6 Å². The Balaban J connectivity index is 1.02. The van der Waals surface area contributed by atoms with Crippen LogP contribution >= 0.6 is 7.82 Å². The number of hydrogen-bond donors (Lipinski definition) is 4. The van der Waals surface area contributed by atoms with Crippen molar-refractivity contribution in [1.82, 2.24) is 5.32 Å². The van der Waals surface area contributed by atoms with E-state index in [-0.39, 0.29) is 44.5 Å². The van der Waals surface area contributed by atoms with Crippen molar-refractivity contribution in [1.29, 1.82) is 0 Å². The molecule has 316 valence electrons. The number of phosphoric ester groups is 1. The van der Waals surface area contributed by atoms with E-state index in [1.165, 1.54) is 11.1 Å². The number of ether oxygens (including phenoxy) is 4. The van der Waals surface area contributed by atoms with Gasteiger partial charge in [0.1, 0.15) is 30.5 Å². The molecule has 15 nitrogen and oxygen atoms in total. The maximum Gasteiger partial charge on any atom is 0.531 e. The molecule has 0 radical (unpaired) electrons. The van der Waals surface area contributed by atoms with Gasteiger partial charge in [-0.3, -0.25) is 13.8 Å². The predicted molar refractivity (Wildman–Crippen MR) is 207 cm³/mol. The molecule has 0 bridgehead atoms. The van der Waals surface area contributed by atoms with E-state index in [0.29, 0.717) is 36.3 Å². The number of nitrogens with two attached hydrogens (primary N) is 2. The Bertz CT molecular complexity index is 1580. The molecule has 1 aromatic rings. The second-order valence-corrected chi connectivity index (χ2v) is 19.5. The topological polar surface area (TPSA) is 217 Å². The molecule has 6 N–H and O–H groups in total. The lowest BCUT2D eigenvalue weighted by atomic mass is 9.55. The quantitative estimate of drug-likeness (QED) is 0.101. The summed E-state index contributed by atoms with van der Waals surface area (Å²) >= 11 is 0. The summed E-state index contributed by atoms with van der Waals surface area (Å²) in [6.45, 7) is 13.7. The molecule has 9 unspecified atom stereocenters. The Labute approximate surface area is 331 Å². The minimum atomic E-state index is -3.91. The van der Waals surface area contributed by atoms with Gasteiger partial charge in [0.15, 0.2) is 0 Å². The zero-order valence-electron chi connectivity index (χ0n) is 34.1. The van der Waals surface area contributed by atoms with E-state index in [1.807, 2.05) is 53.7 Å². The lowest BCUT2D eigenvalue weighted by molar-refractivity contribution is -0.163. The smallest absolute Gasteiger partial charge is 0.460 e. The van der Waals surface area contributed by atoms with Gasteiger partial charge in [0.2, 0.25) is 5.91 Å². The van der Waals surface area contributed by atoms with Gasteiger partial charge in [-0.2, -0.15) is 0 Å². The molecule has 4 aliphatic rings. The van der Waals surface area contributed by atoms with Crippen LogP contribution in [0.25, 0.3) is 0 Å². The Morgan fingerprint density at radius 2 is 1.62 bits per heavy atom. The van der Waals surface area contributed by atoms with Crippen LogP contribution in [0.4, 0.5) is 4.79 Å². The van der Waals surface area contributed by atoms with Gasteiger partial charge in [-0.05, 0) is 134 Å². The normalized spacial score (nSPS) is 30.4. The zero-order chi connectivity index (χ0) is 41.1. The highest BCUT2D eigenvalue weighted by atomic mass is 31.2. The number of esters is 1. The number of carbonyl (C=O) groups is 3. The number of aliphatic hydroxyl groups excluding tert-OH is 1. The predicted octanol–water partition coefficient (Wildman–Crippen LogP) is 5.28. The first kappa shape index (κ1) is 44.3. The number of rotatable bonds is 15. The summed E-state index contributed by atoms with van der Waals surface area (Å²) in [5.41, 5.74) is 12.2. The molecule has 9 atom stereocenters. The lowest BCUT2D eigenvalue weighted by Gasteiger charge is -2.50. The van der Waals surface area contributed by atoms with Gasteiger partial charge in [0.25, 0.3) is 0 Å². The number of aliphatic hydroxyl groups is 1. The van der Waals surface area contributed by atoms with Crippen molar-refractivity contribution >= 4 is 25.8 Å². The molecule has 0 saturated heterocycles. The zero-order valence-corrected chi connectivity index (χ0v) is 35.0. The second-order valence-electron chi connectivity index (χ2n) is 18.0. The fourth-order valence-corrected chi connectivity index (χ4v) is 11.1. The molecule has 4 aliphatic carbocycles. The molecule has 5 rings (SSSR count). The highest BCUT2D eigenvalue weighted by Gasteiger charge is 2.56. The third-order valence-electron chi connectivity index (χ3n) is 11.6. The van der Waals surface area contributed by atoms with Crippen LogP contribution in [0.5, 0.6) is 5.75 Å². The number of phosphoric acid groups is 1. The van der Waals surface area contributed by atoms with Crippen LogP contribution in [0.1, 0.15) is 110 Å². The summed E-state index contributed by atoms with van der Waals surface area (Å²) in [4.78, 5) is 36.9. The van der Waals surface area contributed by atoms with E-state index < -0.39 is 61.2 Å². The first-order chi connectivity index (χ1) is 26.2. The van der Waals surface area contributed by atoms with Crippen molar-refractivity contribution in [2.24, 2.45) is 34.6 Å². The highest BCUT2D eigenvalue weighted by molar-refractivity contribution is 7.49. The van der Waals surface area contributed by atoms with E-state index in [1.54, 1.807) is 0 Å². The Hall–Kier alpha value is -2.78. The first-order valence-electron chi connectivity index (χ1n) is 20.0. The summed E-state index contributed by atoms with van der Waals surface area (Å²) < 4.78 is 53.8. The van der Waals surface area contributed by atoms with Crippen LogP contribution in [0.3, 0.4) is 0 Å². The minimum Gasteiger partial charge on any atom is -0.460 e. The van der Waals surface area contributed by atoms with Crippen LogP contribution in [0.15, 0.2) is 18.2 Å². The summed E-state index contributed by atoms with van der Waals surface area (Å²) in [6.07, 6.45) is 3.42. The summed E-state index contributed by atoms with van der Waals surface area (Å²) in [6, 6.07) is 5.38. The second kappa shape index (κ2) is 18.0. The van der Waals surface area contributed by atoms with Crippen LogP contribution in [-0.2, 0) is 48.6 Å². The standard InChI is InChI=1S/C40H64N3O12P/c1-38(2,3)54-56(48,55-39(4,5)6)53-25-9-11-26-24(22-25)8-10-28-27(26)16-17-40(7)29(28)12-15-32(40)52-33(44)23-50-21-20-49-19-18-43-37(47)51-31-14-13-30(41)35(45)34(31)36(42)46/h9,11,22,27-32,34-35,45H,8,10,12-21,23,41H2,1-7H3,(H2,42,46)(H,43,47). The monoisotopic (exact) mass is 809 g/mol. The van der Waals surface area contributed by atoms with E-state index in [9.17, 15) is 24.1 Å². The fraction of sp³-hybridized carbons (Fsp3) is 0.775. The summed E-state index contributed by atoms with van der Waals surface area (Å²) in [7, 11) is -3.91. The molecule has 0 heterocycles. The minimum absolute atomic E-state index is 0.111. The number of fused-ring (bicyclic) bond motifs is 5. The number of primary amides is 1. The van der Waals surface area contributed by atoms with E-state index in [4.69, 9.17) is 44.0 Å². The number of hydrogen-bond acceptors (Lipinski definition) is 13. The van der Waals surface area contributed by atoms with Gasteiger partial charge in [-0.1, -0.05) is 13.0 Å². The Morgan fingerprint density at radius 1 is 0.929 bits per heavy atom. The largest absolute Gasteiger partial charge is 0.531 e. The van der Waals surface area contributed by atoms with Crippen molar-refractivity contribution in [3.05, 3.63) is 29.3 Å². The molecular formula is C40H64N3O12P. The molecular weight excluding hydrogens is 745 g/mol. The van der Waals surface area contributed by atoms with Crippen LogP contribution in [0.2, 0.25) is 0 Å². The Morgan fingerprint density at radius 3 is 2.30 bits per heavy atom. The summed E-state index contributed by atoms with van der Waals surface area (Å²) in [5.74, 6) is -0.450. The van der Waals surface area contributed by atoms with Crippen molar-refractivity contribution in [2.75, 3.05) is 33.0 Å². The summed E-state index contributed by atoms with van der Waals surface area (Å²) in [5, 5.41) is 12.7. The first-order valence-corrected chi connectivity index (χ1v) is 21.5. The molecule has 56 heavy (non-hydrogen) atoms. The van der Waals surface area contributed by atoms with Gasteiger partial charge in [0.05, 0.1) is 37.1 Å². The average Bonchev–Trinajstić information content (AvgIpc) is 3.40. The number of aryl methyl sites for hydroxylation is 1. The van der Waals surface area contributed by atoms with Crippen molar-refractivity contribution in [3.63, 3.8) is 0 Å². The van der Waals surface area contributed by atoms with Crippen molar-refractivity contribution in [3.8, 4) is 5.75 Å². The van der Waals surface area contributed by atoms with E-state index in [0.717, 1.165) is 38.5 Å². The van der Waals surface area contributed by atoms with Gasteiger partial charge < -0.3 is 45.4 Å². The van der Waals surface area contributed by atoms with E-state index >= 15 is 0 Å². The molecule has 3 saturated carbocycles. The van der Waals surface area contributed by atoms with Crippen molar-refractivity contribution in [2.45, 2.75) is 141 Å². The lowest BCUT2D eigenvalue weighted by Crippen LogP contribution is -2.55. The molecule has 3 fully saturated rings. The maximum absolute atomic E-state index is 13.8. The van der Waals surface area contributed by atoms with Crippen LogP contribution < -0.4 is 21.3 Å². The third-order valence-corrected chi connectivity index (χ3v) is 13.5. The Kier molecular flexibility index (Phi) is 14.3. The van der Waals surface area contributed by atoms with Gasteiger partial charge >= 0.3 is 19.9 Å². The number of benzene rings is 1. The fourth-order valence-electron chi connectivity index (χ4n) is 9.27. The highest BCUT2D eigenvalue weighted by Crippen LogP contribution is 2.62. The van der Waals surface area contributed by atoms with Crippen LogP contribution in [0, 0.1) is 23.2 Å². The molecule has 0 spiro atoms. The number of amides is 2. The SMILES string of the molecule is CC(C)(C)OP(=O)(Oc1ccc2c(c1)CCC1C2CCC2(C)C(OC(=O)COCCOCCNC(=O)OC3CCC(N)C(O)C3C(N)=O)CCC12)OC(C)(C)C. The number of nitrogens with one attached hydrogen (secondary N) is 1. The van der Waals surface area contributed by atoms with E-state index in [2.05, 4.69) is 18.3 Å². The average molecular weight is 810 g/mol. The molecule has 0 aliphatic heterocycles. The van der Waals surface area contributed by atoms with Crippen molar-refractivity contribution < 1.29 is 56.6 Å². The van der Waals surface area contributed by atoms with Gasteiger partial charge in [0, 0.05) is 18.0 Å². The molecule has 16 heteroatoms. The van der Waals surface area contributed by atoms with Gasteiger partial charge in [-0.25, -0.2) is 14.2 Å². The molecule has 1 aromatic carbocycles. The number of alkyl carbamates (subject to hydrolysis) is 1. The maximum atomic E-state index is 13.8. The molecule has 2 amide bonds. The molecule has 0 aromatic heterocycles. The van der Waals surface area contributed by atoms with Gasteiger partial charge in [-0.15, -0.1) is 0 Å². The third kappa shape index (κ3) is 11.2.